The van der Waals surface area contributed by atoms with Crippen LogP contribution in [0.3, 0.4) is 0 Å². The second-order valence-electron chi connectivity index (χ2n) is 3.73. The monoisotopic (exact) mass is 263 g/mol. The summed E-state index contributed by atoms with van der Waals surface area (Å²) in [5.41, 5.74) is 0. The molecule has 0 atom stereocenters. The van der Waals surface area contributed by atoms with E-state index < -0.39 is 0 Å². The third kappa shape index (κ3) is 3.70. The fourth-order valence-corrected chi connectivity index (χ4v) is 2.23. The predicted molar refractivity (Wildman–Crippen MR) is 71.3 cm³/mol. The molecule has 1 aromatic heterocycles. The van der Waals surface area contributed by atoms with Gasteiger partial charge in [-0.25, -0.2) is 14.4 Å². The van der Waals surface area contributed by atoms with Gasteiger partial charge in [0.2, 0.25) is 0 Å². The molecule has 2 rings (SSSR count). The summed E-state index contributed by atoms with van der Waals surface area (Å²) in [5.74, 6) is 0.559. The van der Waals surface area contributed by atoms with Gasteiger partial charge in [-0.3, -0.25) is 0 Å². The molecule has 0 aliphatic rings. The molecule has 94 valence electrons. The zero-order valence-corrected chi connectivity index (χ0v) is 10.9. The van der Waals surface area contributed by atoms with Crippen LogP contribution in [0.25, 0.3) is 0 Å². The second kappa shape index (κ2) is 6.35. The average molecular weight is 263 g/mol. The first-order valence-corrected chi connectivity index (χ1v) is 6.59. The van der Waals surface area contributed by atoms with E-state index in [0.29, 0.717) is 0 Å². The number of nitrogens with one attached hydrogen (secondary N) is 1. The van der Waals surface area contributed by atoms with Gasteiger partial charge in [-0.1, -0.05) is 24.8 Å². The van der Waals surface area contributed by atoms with E-state index >= 15 is 0 Å². The third-order valence-corrected chi connectivity index (χ3v) is 3.14. The van der Waals surface area contributed by atoms with Crippen LogP contribution in [-0.2, 0) is 0 Å². The summed E-state index contributed by atoms with van der Waals surface area (Å²) in [4.78, 5) is 9.12. The average Bonchev–Trinajstić information content (AvgIpc) is 2.37. The Labute approximate surface area is 110 Å². The molecular formula is C13H14FN3S. The standard InChI is InChI=1S/C13H14FN3S/c1-2-6-15-12-8-13(17-9-16-12)18-11-5-3-4-10(14)7-11/h3-5,7-9H,2,6H2,1H3,(H,15,16,17). The summed E-state index contributed by atoms with van der Waals surface area (Å²) in [6.07, 6.45) is 2.55. The summed E-state index contributed by atoms with van der Waals surface area (Å²) in [7, 11) is 0. The molecule has 0 saturated carbocycles. The molecule has 0 saturated heterocycles. The van der Waals surface area contributed by atoms with Crippen molar-refractivity contribution in [3.8, 4) is 0 Å². The van der Waals surface area contributed by atoms with Crippen LogP contribution >= 0.6 is 11.8 Å². The van der Waals surface area contributed by atoms with E-state index in [-0.39, 0.29) is 5.82 Å². The summed E-state index contributed by atoms with van der Waals surface area (Å²) >= 11 is 1.42. The SMILES string of the molecule is CCCNc1cc(Sc2cccc(F)c2)ncn1. The van der Waals surface area contributed by atoms with Crippen molar-refractivity contribution in [2.24, 2.45) is 0 Å². The number of benzene rings is 1. The van der Waals surface area contributed by atoms with Crippen LogP contribution < -0.4 is 5.32 Å². The second-order valence-corrected chi connectivity index (χ2v) is 4.82. The molecule has 0 fully saturated rings. The number of anilines is 1. The lowest BCUT2D eigenvalue weighted by Crippen LogP contribution is -2.02. The predicted octanol–water partition coefficient (Wildman–Crippen LogP) is 3.59. The fourth-order valence-electron chi connectivity index (χ4n) is 1.40. The number of hydrogen-bond donors (Lipinski definition) is 1. The lowest BCUT2D eigenvalue weighted by atomic mass is 10.4. The number of aromatic nitrogens is 2. The summed E-state index contributed by atoms with van der Waals surface area (Å²) in [5, 5.41) is 3.99. The van der Waals surface area contributed by atoms with Gasteiger partial charge in [0.1, 0.15) is 23.0 Å². The van der Waals surface area contributed by atoms with Crippen molar-refractivity contribution in [2.45, 2.75) is 23.3 Å². The van der Waals surface area contributed by atoms with Crippen LogP contribution in [0.4, 0.5) is 10.2 Å². The Morgan fingerprint density at radius 2 is 2.17 bits per heavy atom. The largest absolute Gasteiger partial charge is 0.370 e. The lowest BCUT2D eigenvalue weighted by molar-refractivity contribution is 0.624. The molecule has 0 amide bonds. The molecule has 0 bridgehead atoms. The van der Waals surface area contributed by atoms with E-state index in [4.69, 9.17) is 0 Å². The first-order chi connectivity index (χ1) is 8.78. The first-order valence-electron chi connectivity index (χ1n) is 5.77. The maximum Gasteiger partial charge on any atom is 0.130 e. The molecule has 3 nitrogen and oxygen atoms in total. The van der Waals surface area contributed by atoms with Crippen LogP contribution in [0.5, 0.6) is 0 Å². The van der Waals surface area contributed by atoms with Gasteiger partial charge in [-0.05, 0) is 24.6 Å². The van der Waals surface area contributed by atoms with Gasteiger partial charge in [0, 0.05) is 17.5 Å². The van der Waals surface area contributed by atoms with Gasteiger partial charge < -0.3 is 5.32 Å². The Balaban J connectivity index is 2.09. The van der Waals surface area contributed by atoms with Crippen LogP contribution in [0, 0.1) is 5.82 Å². The normalized spacial score (nSPS) is 10.3. The lowest BCUT2D eigenvalue weighted by Gasteiger charge is -2.05. The molecular weight excluding hydrogens is 249 g/mol. The zero-order valence-electron chi connectivity index (χ0n) is 10.1. The van der Waals surface area contributed by atoms with Gasteiger partial charge in [-0.15, -0.1) is 0 Å². The van der Waals surface area contributed by atoms with Gasteiger partial charge in [-0.2, -0.15) is 0 Å². The summed E-state index contributed by atoms with van der Waals surface area (Å²) in [6.45, 7) is 2.97. The van der Waals surface area contributed by atoms with Crippen molar-refractivity contribution >= 4 is 17.6 Å². The maximum absolute atomic E-state index is 13.1. The van der Waals surface area contributed by atoms with Crippen molar-refractivity contribution in [2.75, 3.05) is 11.9 Å². The van der Waals surface area contributed by atoms with E-state index in [1.54, 1.807) is 6.07 Å². The first kappa shape index (κ1) is 12.8. The molecule has 0 radical (unpaired) electrons. The van der Waals surface area contributed by atoms with Crippen LogP contribution in [-0.4, -0.2) is 16.5 Å². The fraction of sp³-hybridized carbons (Fsp3) is 0.231. The van der Waals surface area contributed by atoms with Crippen molar-refractivity contribution in [3.63, 3.8) is 0 Å². The third-order valence-electron chi connectivity index (χ3n) is 2.22. The van der Waals surface area contributed by atoms with E-state index in [1.807, 2.05) is 12.1 Å². The summed E-state index contributed by atoms with van der Waals surface area (Å²) < 4.78 is 13.1. The molecule has 0 spiro atoms. The Kier molecular flexibility index (Phi) is 4.52. The number of hydrogen-bond acceptors (Lipinski definition) is 4. The van der Waals surface area contributed by atoms with Crippen molar-refractivity contribution in [1.29, 1.82) is 0 Å². The number of nitrogens with zero attached hydrogens (tertiary/aromatic N) is 2. The summed E-state index contributed by atoms with van der Waals surface area (Å²) in [6, 6.07) is 8.33. The highest BCUT2D eigenvalue weighted by Crippen LogP contribution is 2.27. The number of rotatable bonds is 5. The molecule has 1 aromatic carbocycles. The molecule has 1 heterocycles. The van der Waals surface area contributed by atoms with E-state index in [2.05, 4.69) is 22.2 Å². The molecule has 0 unspecified atom stereocenters. The van der Waals surface area contributed by atoms with Crippen LogP contribution in [0.1, 0.15) is 13.3 Å². The minimum absolute atomic E-state index is 0.238. The Morgan fingerprint density at radius 1 is 1.28 bits per heavy atom. The van der Waals surface area contributed by atoms with Crippen molar-refractivity contribution in [3.05, 3.63) is 42.5 Å². The van der Waals surface area contributed by atoms with E-state index in [9.17, 15) is 4.39 Å². The number of halogens is 1. The van der Waals surface area contributed by atoms with Crippen LogP contribution in [0.15, 0.2) is 46.6 Å². The quantitative estimate of drug-likeness (QED) is 0.837. The van der Waals surface area contributed by atoms with Gasteiger partial charge in [0.05, 0.1) is 0 Å². The van der Waals surface area contributed by atoms with Crippen LogP contribution in [0.2, 0.25) is 0 Å². The Hall–Kier alpha value is -1.62. The Morgan fingerprint density at radius 3 is 2.94 bits per heavy atom. The Bertz CT molecular complexity index is 519. The highest BCUT2D eigenvalue weighted by Gasteiger charge is 2.02. The topological polar surface area (TPSA) is 37.8 Å². The smallest absolute Gasteiger partial charge is 0.130 e. The maximum atomic E-state index is 13.1. The van der Waals surface area contributed by atoms with Crippen molar-refractivity contribution in [1.82, 2.24) is 9.97 Å². The van der Waals surface area contributed by atoms with E-state index in [0.717, 1.165) is 28.7 Å². The van der Waals surface area contributed by atoms with Gasteiger partial charge in [0.25, 0.3) is 0 Å². The highest BCUT2D eigenvalue weighted by atomic mass is 32.2. The zero-order chi connectivity index (χ0) is 12.8. The van der Waals surface area contributed by atoms with Gasteiger partial charge in [0.15, 0.2) is 0 Å². The minimum Gasteiger partial charge on any atom is -0.370 e. The molecule has 5 heteroatoms. The van der Waals surface area contributed by atoms with Crippen molar-refractivity contribution < 1.29 is 4.39 Å². The molecule has 0 aliphatic carbocycles. The molecule has 2 aromatic rings. The molecule has 18 heavy (non-hydrogen) atoms. The highest BCUT2D eigenvalue weighted by molar-refractivity contribution is 7.99. The van der Waals surface area contributed by atoms with Gasteiger partial charge >= 0.3 is 0 Å². The minimum atomic E-state index is -0.238. The van der Waals surface area contributed by atoms with E-state index in [1.165, 1.54) is 30.2 Å². The molecule has 1 N–H and O–H groups in total. The molecule has 0 aliphatic heterocycles.